The molecule has 3 rings (SSSR count). The number of carbonyl (C=O) groups excluding carboxylic acids is 2. The van der Waals surface area contributed by atoms with Crippen molar-refractivity contribution in [3.8, 4) is 5.75 Å². The van der Waals surface area contributed by atoms with Crippen molar-refractivity contribution in [3.63, 3.8) is 0 Å². The van der Waals surface area contributed by atoms with Gasteiger partial charge in [0, 0.05) is 24.4 Å². The summed E-state index contributed by atoms with van der Waals surface area (Å²) in [6.45, 7) is 3.40. The molecule has 2 amide bonds. The van der Waals surface area contributed by atoms with E-state index in [-0.39, 0.29) is 6.03 Å². The van der Waals surface area contributed by atoms with Gasteiger partial charge in [-0.2, -0.15) is 0 Å². The second-order valence-electron chi connectivity index (χ2n) is 7.04. The summed E-state index contributed by atoms with van der Waals surface area (Å²) in [5.41, 5.74) is 2.72. The fourth-order valence-electron chi connectivity index (χ4n) is 3.55. The molecule has 0 bridgehead atoms. The predicted molar refractivity (Wildman–Crippen MR) is 114 cm³/mol. The summed E-state index contributed by atoms with van der Waals surface area (Å²) in [6.07, 6.45) is 0. The number of carbonyl (C=O) groups is 2. The first-order valence-electron chi connectivity index (χ1n) is 9.86. The van der Waals surface area contributed by atoms with Crippen LogP contribution in [0.5, 0.6) is 5.75 Å². The normalized spacial score (nSPS) is 16.1. The minimum Gasteiger partial charge on any atom is -0.494 e. The van der Waals surface area contributed by atoms with E-state index in [1.807, 2.05) is 73.5 Å². The number of hydrogen-bond acceptors (Lipinski definition) is 5. The van der Waals surface area contributed by atoms with Crippen LogP contribution in [0.15, 0.2) is 65.9 Å². The number of amides is 2. The van der Waals surface area contributed by atoms with Crippen molar-refractivity contribution in [2.45, 2.75) is 19.5 Å². The van der Waals surface area contributed by atoms with E-state index < -0.39 is 12.0 Å². The van der Waals surface area contributed by atoms with Gasteiger partial charge in [-0.25, -0.2) is 9.59 Å². The molecule has 2 N–H and O–H groups in total. The molecule has 1 heterocycles. The van der Waals surface area contributed by atoms with Gasteiger partial charge in [0.15, 0.2) is 0 Å². The Kier molecular flexibility index (Phi) is 7.08. The number of likely N-dealkylation sites (N-methyl/N-ethyl adjacent to an activating group) is 1. The quantitative estimate of drug-likeness (QED) is 0.655. The fourth-order valence-corrected chi connectivity index (χ4v) is 3.55. The molecule has 0 unspecified atom stereocenters. The van der Waals surface area contributed by atoms with Crippen LogP contribution in [0.1, 0.15) is 24.1 Å². The number of nitrogens with one attached hydrogen (secondary N) is 2. The van der Waals surface area contributed by atoms with E-state index in [1.165, 1.54) is 7.11 Å². The summed E-state index contributed by atoms with van der Waals surface area (Å²) in [7, 11) is 3.27. The fraction of sp³-hybridized carbons (Fsp3) is 0.304. The van der Waals surface area contributed by atoms with E-state index in [4.69, 9.17) is 9.47 Å². The summed E-state index contributed by atoms with van der Waals surface area (Å²) in [5.74, 6) is 0.118. The van der Waals surface area contributed by atoms with Crippen LogP contribution in [0.3, 0.4) is 0 Å². The molecule has 1 atom stereocenters. The highest BCUT2D eigenvalue weighted by Gasteiger charge is 2.35. The number of urea groups is 1. The molecule has 0 saturated heterocycles. The van der Waals surface area contributed by atoms with Gasteiger partial charge in [0.25, 0.3) is 0 Å². The van der Waals surface area contributed by atoms with Gasteiger partial charge in [-0.3, -0.25) is 4.90 Å². The molecule has 0 fully saturated rings. The Bertz CT molecular complexity index is 927. The molecule has 0 aliphatic carbocycles. The molecule has 0 saturated carbocycles. The SMILES string of the molecule is CCOc1ccccc1[C@@H]1NC(=O)NC(CN(C)Cc2ccccc2)=C1C(=O)OC. The van der Waals surface area contributed by atoms with Crippen LogP contribution < -0.4 is 15.4 Å². The van der Waals surface area contributed by atoms with Gasteiger partial charge in [-0.1, -0.05) is 48.5 Å². The number of benzene rings is 2. The van der Waals surface area contributed by atoms with E-state index in [0.29, 0.717) is 42.3 Å². The molecular formula is C23H27N3O4. The molecule has 158 valence electrons. The zero-order valence-corrected chi connectivity index (χ0v) is 17.5. The Morgan fingerprint density at radius 2 is 1.77 bits per heavy atom. The second-order valence-corrected chi connectivity index (χ2v) is 7.04. The summed E-state index contributed by atoms with van der Waals surface area (Å²) >= 11 is 0. The third kappa shape index (κ3) is 4.99. The molecule has 7 nitrogen and oxygen atoms in total. The monoisotopic (exact) mass is 409 g/mol. The molecule has 1 aliphatic rings. The van der Waals surface area contributed by atoms with Crippen LogP contribution in [0.2, 0.25) is 0 Å². The lowest BCUT2D eigenvalue weighted by Crippen LogP contribution is -2.48. The number of hydrogen-bond donors (Lipinski definition) is 2. The van der Waals surface area contributed by atoms with Crippen molar-refractivity contribution in [1.82, 2.24) is 15.5 Å². The largest absolute Gasteiger partial charge is 0.494 e. The van der Waals surface area contributed by atoms with E-state index >= 15 is 0 Å². The van der Waals surface area contributed by atoms with Crippen LogP contribution >= 0.6 is 0 Å². The van der Waals surface area contributed by atoms with Crippen LogP contribution in [0.4, 0.5) is 4.79 Å². The first kappa shape index (κ1) is 21.4. The van der Waals surface area contributed by atoms with Gasteiger partial charge in [0.05, 0.1) is 25.3 Å². The summed E-state index contributed by atoms with van der Waals surface area (Å²) < 4.78 is 10.8. The average Bonchev–Trinajstić information content (AvgIpc) is 2.74. The first-order chi connectivity index (χ1) is 14.5. The maximum Gasteiger partial charge on any atom is 0.338 e. The van der Waals surface area contributed by atoms with Crippen LogP contribution in [0.25, 0.3) is 0 Å². The van der Waals surface area contributed by atoms with Gasteiger partial charge in [0.1, 0.15) is 5.75 Å². The lowest BCUT2D eigenvalue weighted by molar-refractivity contribution is -0.136. The van der Waals surface area contributed by atoms with Crippen LogP contribution in [0, 0.1) is 0 Å². The molecule has 0 aromatic heterocycles. The molecule has 0 radical (unpaired) electrons. The van der Waals surface area contributed by atoms with Crippen molar-refractivity contribution in [1.29, 1.82) is 0 Å². The summed E-state index contributed by atoms with van der Waals surface area (Å²) in [4.78, 5) is 27.2. The van der Waals surface area contributed by atoms with Crippen molar-refractivity contribution in [2.24, 2.45) is 0 Å². The number of esters is 1. The molecule has 1 aliphatic heterocycles. The van der Waals surface area contributed by atoms with Crippen molar-refractivity contribution >= 4 is 12.0 Å². The van der Waals surface area contributed by atoms with Crippen LogP contribution in [-0.4, -0.2) is 44.2 Å². The number of methoxy groups -OCH3 is 1. The smallest absolute Gasteiger partial charge is 0.338 e. The van der Waals surface area contributed by atoms with Gasteiger partial charge in [-0.05, 0) is 25.6 Å². The van der Waals surface area contributed by atoms with E-state index in [2.05, 4.69) is 10.6 Å². The van der Waals surface area contributed by atoms with Crippen molar-refractivity contribution < 1.29 is 19.1 Å². The number of ether oxygens (including phenoxy) is 2. The van der Waals surface area contributed by atoms with Gasteiger partial charge in [-0.15, -0.1) is 0 Å². The Morgan fingerprint density at radius 3 is 2.47 bits per heavy atom. The second kappa shape index (κ2) is 9.93. The minimum absolute atomic E-state index is 0.365. The maximum absolute atomic E-state index is 12.7. The molecule has 2 aromatic rings. The summed E-state index contributed by atoms with van der Waals surface area (Å²) in [5, 5.41) is 5.64. The Hall–Kier alpha value is -3.32. The third-order valence-electron chi connectivity index (χ3n) is 4.81. The van der Waals surface area contributed by atoms with E-state index in [1.54, 1.807) is 0 Å². The highest BCUT2D eigenvalue weighted by molar-refractivity contribution is 5.95. The molecule has 30 heavy (non-hydrogen) atoms. The van der Waals surface area contributed by atoms with Crippen molar-refractivity contribution in [3.05, 3.63) is 77.0 Å². The third-order valence-corrected chi connectivity index (χ3v) is 4.81. The first-order valence-corrected chi connectivity index (χ1v) is 9.86. The Labute approximate surface area is 176 Å². The van der Waals surface area contributed by atoms with E-state index in [9.17, 15) is 9.59 Å². The zero-order chi connectivity index (χ0) is 21.5. The van der Waals surface area contributed by atoms with Gasteiger partial charge in [0.2, 0.25) is 0 Å². The summed E-state index contributed by atoms with van der Waals surface area (Å²) in [6, 6.07) is 16.3. The number of rotatable bonds is 8. The molecule has 7 heteroatoms. The molecule has 2 aromatic carbocycles. The van der Waals surface area contributed by atoms with E-state index in [0.717, 1.165) is 5.56 Å². The van der Waals surface area contributed by atoms with Gasteiger partial charge >= 0.3 is 12.0 Å². The Balaban J connectivity index is 1.97. The number of para-hydroxylation sites is 1. The highest BCUT2D eigenvalue weighted by Crippen LogP contribution is 2.33. The standard InChI is InChI=1S/C23H27N3O4/c1-4-30-19-13-9-8-12-17(19)21-20(22(27)29-3)18(24-23(28)25-21)15-26(2)14-16-10-6-5-7-11-16/h5-13,21H,4,14-15H2,1-3H3,(H2,24,25,28)/t21-/m0/s1. The molecular weight excluding hydrogens is 382 g/mol. The topological polar surface area (TPSA) is 79.9 Å². The molecule has 0 spiro atoms. The van der Waals surface area contributed by atoms with Crippen LogP contribution in [-0.2, 0) is 16.1 Å². The average molecular weight is 409 g/mol. The van der Waals surface area contributed by atoms with Gasteiger partial charge < -0.3 is 20.1 Å². The minimum atomic E-state index is -0.672. The lowest BCUT2D eigenvalue weighted by Gasteiger charge is -2.31. The zero-order valence-electron chi connectivity index (χ0n) is 17.5. The maximum atomic E-state index is 12.7. The number of nitrogens with zero attached hydrogens (tertiary/aromatic N) is 1. The lowest BCUT2D eigenvalue weighted by atomic mass is 9.94. The Morgan fingerprint density at radius 1 is 1.07 bits per heavy atom. The van der Waals surface area contributed by atoms with Crippen molar-refractivity contribution in [2.75, 3.05) is 27.3 Å². The highest BCUT2D eigenvalue weighted by atomic mass is 16.5. The predicted octanol–water partition coefficient (Wildman–Crippen LogP) is 3.00.